The van der Waals surface area contributed by atoms with Crippen molar-refractivity contribution in [2.75, 3.05) is 6.54 Å². The van der Waals surface area contributed by atoms with Gasteiger partial charge in [0.2, 0.25) is 5.82 Å². The van der Waals surface area contributed by atoms with Crippen LogP contribution in [-0.4, -0.2) is 38.0 Å². The van der Waals surface area contributed by atoms with Crippen molar-refractivity contribution in [3.8, 4) is 0 Å². The number of carbonyl (C=O) groups is 1. The number of ketones is 1. The Morgan fingerprint density at radius 1 is 1.21 bits per heavy atom. The van der Waals surface area contributed by atoms with E-state index in [1.54, 1.807) is 0 Å². The summed E-state index contributed by atoms with van der Waals surface area (Å²) in [6.07, 6.45) is -2.25. The Hall–Kier alpha value is -1.44. The number of hydrogen-bond acceptors (Lipinski definition) is 4. The summed E-state index contributed by atoms with van der Waals surface area (Å²) in [7, 11) is 0. The fourth-order valence-corrected chi connectivity index (χ4v) is 2.84. The third-order valence-electron chi connectivity index (χ3n) is 3.75. The lowest BCUT2D eigenvalue weighted by Crippen LogP contribution is -2.43. The molecule has 5 nitrogen and oxygen atoms in total. The monoisotopic (exact) mass is 274 g/mol. The van der Waals surface area contributed by atoms with Crippen molar-refractivity contribution in [1.82, 2.24) is 19.7 Å². The predicted octanol–water partition coefficient (Wildman–Crippen LogP) is 1.23. The van der Waals surface area contributed by atoms with Gasteiger partial charge in [0.1, 0.15) is 11.6 Å². The first-order valence-corrected chi connectivity index (χ1v) is 6.23. The van der Waals surface area contributed by atoms with E-state index in [1.807, 2.05) is 4.90 Å². The van der Waals surface area contributed by atoms with Crippen LogP contribution in [0.1, 0.15) is 30.9 Å². The van der Waals surface area contributed by atoms with Crippen LogP contribution in [0.3, 0.4) is 0 Å². The Morgan fingerprint density at radius 2 is 2.00 bits per heavy atom. The molecule has 0 spiro atoms. The van der Waals surface area contributed by atoms with Crippen LogP contribution in [0.5, 0.6) is 0 Å². The lowest BCUT2D eigenvalue weighted by Gasteiger charge is -2.31. The van der Waals surface area contributed by atoms with Gasteiger partial charge in [-0.25, -0.2) is 0 Å². The maximum absolute atomic E-state index is 12.7. The van der Waals surface area contributed by atoms with E-state index in [2.05, 4.69) is 10.2 Å². The lowest BCUT2D eigenvalue weighted by molar-refractivity contribution is -0.148. The van der Waals surface area contributed by atoms with Crippen LogP contribution in [0.2, 0.25) is 0 Å². The summed E-state index contributed by atoms with van der Waals surface area (Å²) in [5.41, 5.74) is 0. The topological polar surface area (TPSA) is 51.0 Å². The van der Waals surface area contributed by atoms with E-state index in [0.29, 0.717) is 18.8 Å². The molecule has 0 aromatic carbocycles. The molecule has 0 bridgehead atoms. The van der Waals surface area contributed by atoms with Crippen molar-refractivity contribution in [2.45, 2.75) is 44.6 Å². The Kier molecular flexibility index (Phi) is 2.84. The van der Waals surface area contributed by atoms with E-state index in [0.717, 1.165) is 17.4 Å². The molecule has 1 aliphatic carbocycles. The molecule has 1 unspecified atom stereocenters. The highest BCUT2D eigenvalue weighted by molar-refractivity contribution is 5.85. The average molecular weight is 274 g/mol. The van der Waals surface area contributed by atoms with Crippen LogP contribution in [0.15, 0.2) is 0 Å². The van der Waals surface area contributed by atoms with Gasteiger partial charge in [0, 0.05) is 19.5 Å². The molecule has 8 heteroatoms. The molecule has 2 aliphatic rings. The number of carbonyl (C=O) groups excluding carboxylic acids is 1. The molecule has 0 saturated heterocycles. The highest BCUT2D eigenvalue weighted by Gasteiger charge is 2.41. The average Bonchev–Trinajstić information content (AvgIpc) is 2.92. The van der Waals surface area contributed by atoms with E-state index in [9.17, 15) is 18.0 Å². The number of aromatic nitrogens is 3. The van der Waals surface area contributed by atoms with Crippen LogP contribution in [0.25, 0.3) is 0 Å². The van der Waals surface area contributed by atoms with Gasteiger partial charge in [-0.2, -0.15) is 13.2 Å². The van der Waals surface area contributed by atoms with E-state index >= 15 is 0 Å². The Balaban J connectivity index is 1.82. The van der Waals surface area contributed by atoms with Crippen molar-refractivity contribution in [3.63, 3.8) is 0 Å². The molecule has 0 N–H and O–H groups in total. The standard InChI is InChI=1S/C11H13F3N4O/c12-11(13,14)10-16-15-9-6-17(4-5-18(9)10)7-2-1-3-8(7)19/h7H,1-6H2. The number of halogens is 3. The number of alkyl halides is 3. The molecule has 1 atom stereocenters. The number of rotatable bonds is 1. The number of fused-ring (bicyclic) bond motifs is 1. The van der Waals surface area contributed by atoms with E-state index in [4.69, 9.17) is 0 Å². The second kappa shape index (κ2) is 4.29. The number of nitrogens with zero attached hydrogens (tertiary/aromatic N) is 4. The molecular formula is C11H13F3N4O. The SMILES string of the molecule is O=C1CCCC1N1CCn2c(nnc2C(F)(F)F)C1. The first-order valence-electron chi connectivity index (χ1n) is 6.23. The fraction of sp³-hybridized carbons (Fsp3) is 0.727. The van der Waals surface area contributed by atoms with Gasteiger partial charge in [0.15, 0.2) is 0 Å². The van der Waals surface area contributed by atoms with Crippen LogP contribution in [0.4, 0.5) is 13.2 Å². The minimum absolute atomic E-state index is 0.153. The van der Waals surface area contributed by atoms with Crippen molar-refractivity contribution >= 4 is 5.78 Å². The number of Topliss-reactive ketones (excluding diaryl/α,β-unsaturated/α-hetero) is 1. The summed E-state index contributed by atoms with van der Waals surface area (Å²) in [5.74, 6) is -0.470. The van der Waals surface area contributed by atoms with Gasteiger partial charge in [-0.3, -0.25) is 9.69 Å². The normalized spacial score (nSPS) is 24.8. The summed E-state index contributed by atoms with van der Waals surface area (Å²) >= 11 is 0. The van der Waals surface area contributed by atoms with Crippen LogP contribution < -0.4 is 0 Å². The Labute approximate surface area is 107 Å². The Morgan fingerprint density at radius 3 is 2.63 bits per heavy atom. The van der Waals surface area contributed by atoms with Gasteiger partial charge in [-0.15, -0.1) is 10.2 Å². The third-order valence-corrected chi connectivity index (χ3v) is 3.75. The lowest BCUT2D eigenvalue weighted by atomic mass is 10.1. The van der Waals surface area contributed by atoms with Gasteiger partial charge in [0.05, 0.1) is 12.6 Å². The first kappa shape index (κ1) is 12.6. The van der Waals surface area contributed by atoms with Crippen molar-refractivity contribution in [1.29, 1.82) is 0 Å². The molecule has 1 aromatic heterocycles. The largest absolute Gasteiger partial charge is 0.451 e. The van der Waals surface area contributed by atoms with Crippen LogP contribution in [-0.2, 0) is 24.1 Å². The molecule has 2 heterocycles. The zero-order chi connectivity index (χ0) is 13.6. The fourth-order valence-electron chi connectivity index (χ4n) is 2.84. The van der Waals surface area contributed by atoms with Gasteiger partial charge in [-0.1, -0.05) is 0 Å². The second-order valence-electron chi connectivity index (χ2n) is 4.93. The summed E-state index contributed by atoms with van der Waals surface area (Å²) in [6.45, 7) is 0.880. The van der Waals surface area contributed by atoms with E-state index in [-0.39, 0.29) is 24.9 Å². The van der Waals surface area contributed by atoms with E-state index in [1.165, 1.54) is 0 Å². The second-order valence-corrected chi connectivity index (χ2v) is 4.93. The van der Waals surface area contributed by atoms with Gasteiger partial charge in [-0.05, 0) is 12.8 Å². The first-order chi connectivity index (χ1) is 8.97. The van der Waals surface area contributed by atoms with Gasteiger partial charge >= 0.3 is 6.18 Å². The van der Waals surface area contributed by atoms with Crippen LogP contribution in [0, 0.1) is 0 Å². The number of hydrogen-bond donors (Lipinski definition) is 0. The maximum Gasteiger partial charge on any atom is 0.451 e. The summed E-state index contributed by atoms with van der Waals surface area (Å²) in [6, 6.07) is -0.153. The van der Waals surface area contributed by atoms with E-state index < -0.39 is 12.0 Å². The zero-order valence-electron chi connectivity index (χ0n) is 10.2. The Bertz CT molecular complexity index is 511. The predicted molar refractivity (Wildman–Crippen MR) is 58.1 cm³/mol. The summed E-state index contributed by atoms with van der Waals surface area (Å²) < 4.78 is 39.1. The minimum atomic E-state index is -4.48. The van der Waals surface area contributed by atoms with Crippen LogP contribution >= 0.6 is 0 Å². The molecule has 1 saturated carbocycles. The van der Waals surface area contributed by atoms with Crippen molar-refractivity contribution in [3.05, 3.63) is 11.6 Å². The molecule has 0 amide bonds. The molecule has 19 heavy (non-hydrogen) atoms. The van der Waals surface area contributed by atoms with Crippen molar-refractivity contribution in [2.24, 2.45) is 0 Å². The quantitative estimate of drug-likeness (QED) is 0.773. The highest BCUT2D eigenvalue weighted by Crippen LogP contribution is 2.30. The molecule has 3 rings (SSSR count). The molecule has 104 valence electrons. The van der Waals surface area contributed by atoms with Gasteiger partial charge in [0.25, 0.3) is 0 Å². The third kappa shape index (κ3) is 2.13. The summed E-state index contributed by atoms with van der Waals surface area (Å²) in [5, 5.41) is 6.84. The molecule has 1 fully saturated rings. The molecular weight excluding hydrogens is 261 g/mol. The highest BCUT2D eigenvalue weighted by atomic mass is 19.4. The smallest absolute Gasteiger partial charge is 0.305 e. The summed E-state index contributed by atoms with van der Waals surface area (Å²) in [4.78, 5) is 13.6. The van der Waals surface area contributed by atoms with Gasteiger partial charge < -0.3 is 4.57 Å². The maximum atomic E-state index is 12.7. The molecule has 0 radical (unpaired) electrons. The van der Waals surface area contributed by atoms with Crippen molar-refractivity contribution < 1.29 is 18.0 Å². The molecule has 1 aromatic rings. The zero-order valence-corrected chi connectivity index (χ0v) is 10.2. The minimum Gasteiger partial charge on any atom is -0.305 e. The molecule has 1 aliphatic heterocycles.